The molecular weight excluding hydrogens is 228 g/mol. The number of rotatable bonds is 2. The van der Waals surface area contributed by atoms with Gasteiger partial charge in [-0.05, 0) is 5.92 Å². The van der Waals surface area contributed by atoms with Gasteiger partial charge in [0.15, 0.2) is 11.2 Å². The second-order valence-electron chi connectivity index (χ2n) is 4.01. The molecule has 6 nitrogen and oxygen atoms in total. The van der Waals surface area contributed by atoms with Gasteiger partial charge in [-0.3, -0.25) is 9.36 Å². The van der Waals surface area contributed by atoms with Gasteiger partial charge in [0, 0.05) is 6.54 Å². The molecule has 0 fully saturated rings. The first-order valence-electron chi connectivity index (χ1n) is 4.90. The minimum Gasteiger partial charge on any atom is -0.339 e. The molecule has 2 heterocycles. The summed E-state index contributed by atoms with van der Waals surface area (Å²) in [4.78, 5) is 30.2. The van der Waals surface area contributed by atoms with Crippen LogP contribution in [0.3, 0.4) is 0 Å². The van der Waals surface area contributed by atoms with Crippen molar-refractivity contribution in [2.75, 3.05) is 0 Å². The van der Waals surface area contributed by atoms with E-state index in [1.54, 1.807) is 0 Å². The van der Waals surface area contributed by atoms with E-state index in [1.165, 1.54) is 10.9 Å². The predicted molar refractivity (Wildman–Crippen MR) is 63.8 cm³/mol. The Balaban J connectivity index is 2.86. The van der Waals surface area contributed by atoms with Gasteiger partial charge in [-0.2, -0.15) is 0 Å². The van der Waals surface area contributed by atoms with E-state index >= 15 is 0 Å². The van der Waals surface area contributed by atoms with Crippen LogP contribution >= 0.6 is 12.8 Å². The molecule has 16 heavy (non-hydrogen) atoms. The fourth-order valence-corrected chi connectivity index (χ4v) is 1.78. The van der Waals surface area contributed by atoms with Crippen LogP contribution < -0.4 is 11.2 Å². The molecule has 2 aromatic rings. The largest absolute Gasteiger partial charge is 0.342 e. The predicted octanol–water partition coefficient (Wildman–Crippen LogP) is 0.235. The maximum atomic E-state index is 11.8. The van der Waals surface area contributed by atoms with E-state index in [4.69, 9.17) is 0 Å². The summed E-state index contributed by atoms with van der Waals surface area (Å²) in [5.41, 5.74) is -0.244. The zero-order chi connectivity index (χ0) is 11.9. The number of nitrogens with zero attached hydrogens (tertiary/aromatic N) is 3. The van der Waals surface area contributed by atoms with Crippen LogP contribution in [-0.2, 0) is 6.54 Å². The van der Waals surface area contributed by atoms with Crippen LogP contribution in [-0.4, -0.2) is 18.5 Å². The number of thiol groups is 1. The second kappa shape index (κ2) is 3.82. The topological polar surface area (TPSA) is 72.7 Å². The minimum absolute atomic E-state index is 0.281. The summed E-state index contributed by atoms with van der Waals surface area (Å²) in [5.74, 6) is 0.281. The molecule has 7 heteroatoms. The van der Waals surface area contributed by atoms with Crippen LogP contribution in [0, 0.1) is 5.92 Å². The van der Waals surface area contributed by atoms with Crippen molar-refractivity contribution in [1.29, 1.82) is 0 Å². The number of H-pyrrole nitrogens is 1. The van der Waals surface area contributed by atoms with E-state index < -0.39 is 11.2 Å². The number of hydrogen-bond acceptors (Lipinski definition) is 4. The van der Waals surface area contributed by atoms with Gasteiger partial charge in [-0.15, -0.1) is 0 Å². The summed E-state index contributed by atoms with van der Waals surface area (Å²) in [7, 11) is 0. The summed E-state index contributed by atoms with van der Waals surface area (Å²) in [6, 6.07) is 0. The maximum Gasteiger partial charge on any atom is 0.342 e. The quantitative estimate of drug-likeness (QED) is 0.738. The first-order valence-corrected chi connectivity index (χ1v) is 5.30. The third-order valence-corrected chi connectivity index (χ3v) is 2.59. The first-order chi connectivity index (χ1) is 7.52. The Labute approximate surface area is 96.5 Å². The number of nitrogens with one attached hydrogen (secondary N) is 1. The summed E-state index contributed by atoms with van der Waals surface area (Å²) in [5, 5.41) is 0. The van der Waals surface area contributed by atoms with E-state index in [0.717, 1.165) is 3.97 Å². The van der Waals surface area contributed by atoms with E-state index in [1.807, 2.05) is 13.8 Å². The number of imidazole rings is 1. The molecular formula is C9H12N4O2S. The lowest BCUT2D eigenvalue weighted by molar-refractivity contribution is 0.511. The van der Waals surface area contributed by atoms with Gasteiger partial charge >= 0.3 is 5.69 Å². The lowest BCUT2D eigenvalue weighted by Gasteiger charge is -2.09. The van der Waals surface area contributed by atoms with Crippen molar-refractivity contribution in [2.45, 2.75) is 20.4 Å². The van der Waals surface area contributed by atoms with Crippen LogP contribution in [0.15, 0.2) is 15.9 Å². The molecule has 0 radical (unpaired) electrons. The average Bonchev–Trinajstić information content (AvgIpc) is 2.69. The van der Waals surface area contributed by atoms with Crippen molar-refractivity contribution in [1.82, 2.24) is 18.5 Å². The van der Waals surface area contributed by atoms with Crippen molar-refractivity contribution < 1.29 is 0 Å². The first kappa shape index (κ1) is 11.0. The molecule has 2 aromatic heterocycles. The second-order valence-corrected chi connectivity index (χ2v) is 4.41. The fourth-order valence-electron chi connectivity index (χ4n) is 1.58. The summed E-state index contributed by atoms with van der Waals surface area (Å²) >= 11 is 3.88. The smallest absolute Gasteiger partial charge is 0.339 e. The van der Waals surface area contributed by atoms with E-state index in [-0.39, 0.29) is 5.92 Å². The molecule has 0 saturated carbocycles. The van der Waals surface area contributed by atoms with Gasteiger partial charge in [-0.1, -0.05) is 26.7 Å². The number of fused-ring (bicyclic) bond motifs is 1. The standard InChI is InChI=1S/C9H12N4O2S/c1-5(2)3-12-7-6(10-4-11-7)8(14)13(16)9(12)15/h4-5,16H,3H2,1-2H3,(H,10,11). The summed E-state index contributed by atoms with van der Waals surface area (Å²) in [6.07, 6.45) is 1.40. The highest BCUT2D eigenvalue weighted by molar-refractivity contribution is 7.78. The molecule has 0 aliphatic rings. The molecule has 0 amide bonds. The van der Waals surface area contributed by atoms with E-state index in [0.29, 0.717) is 17.7 Å². The molecule has 0 unspecified atom stereocenters. The highest BCUT2D eigenvalue weighted by Gasteiger charge is 2.13. The van der Waals surface area contributed by atoms with Gasteiger partial charge in [0.2, 0.25) is 0 Å². The fraction of sp³-hybridized carbons (Fsp3) is 0.444. The lowest BCUT2D eigenvalue weighted by atomic mass is 10.2. The Bertz CT molecular complexity index is 637. The summed E-state index contributed by atoms with van der Waals surface area (Å²) in [6.45, 7) is 4.47. The number of aromatic amines is 1. The van der Waals surface area contributed by atoms with Crippen LogP contribution in [0.4, 0.5) is 0 Å². The minimum atomic E-state index is -0.471. The molecule has 0 saturated heterocycles. The van der Waals surface area contributed by atoms with Gasteiger partial charge in [-0.25, -0.2) is 13.8 Å². The van der Waals surface area contributed by atoms with Crippen LogP contribution in [0.5, 0.6) is 0 Å². The van der Waals surface area contributed by atoms with E-state index in [9.17, 15) is 9.59 Å². The van der Waals surface area contributed by atoms with Crippen molar-refractivity contribution in [3.05, 3.63) is 27.2 Å². The monoisotopic (exact) mass is 240 g/mol. The molecule has 86 valence electrons. The zero-order valence-corrected chi connectivity index (χ0v) is 9.86. The number of hydrogen-bond donors (Lipinski definition) is 2. The Morgan fingerprint density at radius 3 is 2.81 bits per heavy atom. The molecule has 1 N–H and O–H groups in total. The SMILES string of the molecule is CC(C)Cn1c(=O)n(S)c(=O)c2[nH]cnc21. The third-order valence-electron chi connectivity index (χ3n) is 2.24. The van der Waals surface area contributed by atoms with Crippen LogP contribution in [0.2, 0.25) is 0 Å². The summed E-state index contributed by atoms with van der Waals surface area (Å²) < 4.78 is 2.24. The van der Waals surface area contributed by atoms with Gasteiger partial charge in [0.1, 0.15) is 0 Å². The maximum absolute atomic E-state index is 11.8. The Kier molecular flexibility index (Phi) is 2.63. The molecule has 0 spiro atoms. The van der Waals surface area contributed by atoms with Crippen molar-refractivity contribution in [3.8, 4) is 0 Å². The average molecular weight is 240 g/mol. The Hall–Kier alpha value is -1.50. The van der Waals surface area contributed by atoms with Gasteiger partial charge in [0.25, 0.3) is 5.56 Å². The van der Waals surface area contributed by atoms with Gasteiger partial charge in [0.05, 0.1) is 6.33 Å². The van der Waals surface area contributed by atoms with Crippen molar-refractivity contribution in [2.24, 2.45) is 5.92 Å². The molecule has 0 aliphatic carbocycles. The molecule has 2 rings (SSSR count). The van der Waals surface area contributed by atoms with Crippen LogP contribution in [0.25, 0.3) is 11.2 Å². The lowest BCUT2D eigenvalue weighted by Crippen LogP contribution is -2.36. The van der Waals surface area contributed by atoms with Crippen molar-refractivity contribution in [3.63, 3.8) is 0 Å². The highest BCUT2D eigenvalue weighted by atomic mass is 32.1. The zero-order valence-electron chi connectivity index (χ0n) is 8.97. The third kappa shape index (κ3) is 1.57. The normalized spacial score (nSPS) is 11.5. The van der Waals surface area contributed by atoms with Crippen molar-refractivity contribution >= 4 is 24.0 Å². The highest BCUT2D eigenvalue weighted by Crippen LogP contribution is 2.04. The van der Waals surface area contributed by atoms with Gasteiger partial charge < -0.3 is 4.98 Å². The number of aromatic nitrogens is 4. The Morgan fingerprint density at radius 1 is 1.50 bits per heavy atom. The van der Waals surface area contributed by atoms with Crippen LogP contribution in [0.1, 0.15) is 13.8 Å². The molecule has 0 atom stereocenters. The Morgan fingerprint density at radius 2 is 2.19 bits per heavy atom. The van der Waals surface area contributed by atoms with E-state index in [2.05, 4.69) is 22.8 Å². The molecule has 0 aliphatic heterocycles. The molecule has 0 bridgehead atoms. The molecule has 0 aromatic carbocycles.